The molecule has 94 valence electrons. The number of hydrogen-bond donors (Lipinski definition) is 1. The number of halogens is 4. The van der Waals surface area contributed by atoms with Gasteiger partial charge in [0.1, 0.15) is 0 Å². The Morgan fingerprint density at radius 1 is 0.944 bits per heavy atom. The van der Waals surface area contributed by atoms with Gasteiger partial charge in [0, 0.05) is 23.3 Å². The molecule has 0 aliphatic rings. The fourth-order valence-corrected chi connectivity index (χ4v) is 2.28. The topological polar surface area (TPSA) is 24.9 Å². The Balaban J connectivity index is 2.21. The summed E-state index contributed by atoms with van der Waals surface area (Å²) in [6.07, 6.45) is 3.25. The minimum absolute atomic E-state index is 0.420. The van der Waals surface area contributed by atoms with Gasteiger partial charge < -0.3 is 5.32 Å². The Morgan fingerprint density at radius 2 is 1.67 bits per heavy atom. The summed E-state index contributed by atoms with van der Waals surface area (Å²) in [5.74, 6) is 0. The molecule has 0 amide bonds. The molecule has 0 atom stereocenters. The van der Waals surface area contributed by atoms with E-state index in [4.69, 9.17) is 46.4 Å². The van der Waals surface area contributed by atoms with Gasteiger partial charge in [0.2, 0.25) is 0 Å². The second kappa shape index (κ2) is 5.98. The Morgan fingerprint density at radius 3 is 2.39 bits per heavy atom. The number of anilines is 1. The van der Waals surface area contributed by atoms with Crippen LogP contribution < -0.4 is 5.32 Å². The van der Waals surface area contributed by atoms with Crippen LogP contribution in [0.25, 0.3) is 0 Å². The van der Waals surface area contributed by atoms with Crippen LogP contribution in [0, 0.1) is 0 Å². The molecule has 2 rings (SSSR count). The summed E-state index contributed by atoms with van der Waals surface area (Å²) < 4.78 is 0. The molecule has 0 bridgehead atoms. The van der Waals surface area contributed by atoms with Crippen molar-refractivity contribution in [1.82, 2.24) is 4.98 Å². The standard InChI is InChI=1S/C12H8Cl4N2/c13-8-1-2-10(15)12(16)7(8)5-18-11-6-17-4-3-9(11)14/h1-4,6,18H,5H2. The zero-order valence-corrected chi connectivity index (χ0v) is 12.1. The SMILES string of the molecule is Clc1ccncc1NCc1c(Cl)ccc(Cl)c1Cl. The largest absolute Gasteiger partial charge is 0.378 e. The first-order valence-electron chi connectivity index (χ1n) is 5.05. The lowest BCUT2D eigenvalue weighted by atomic mass is 10.2. The van der Waals surface area contributed by atoms with Crippen molar-refractivity contribution in [2.75, 3.05) is 5.32 Å². The van der Waals surface area contributed by atoms with Crippen LogP contribution in [0.2, 0.25) is 20.1 Å². The predicted molar refractivity (Wildman–Crippen MR) is 78.0 cm³/mol. The van der Waals surface area contributed by atoms with Gasteiger partial charge in [-0.1, -0.05) is 46.4 Å². The van der Waals surface area contributed by atoms with Crippen molar-refractivity contribution in [3.05, 3.63) is 56.2 Å². The molecule has 1 N–H and O–H groups in total. The van der Waals surface area contributed by atoms with E-state index in [1.165, 1.54) is 0 Å². The van der Waals surface area contributed by atoms with Crippen molar-refractivity contribution in [3.63, 3.8) is 0 Å². The number of nitrogens with zero attached hydrogens (tertiary/aromatic N) is 1. The van der Waals surface area contributed by atoms with Crippen molar-refractivity contribution in [3.8, 4) is 0 Å². The van der Waals surface area contributed by atoms with Gasteiger partial charge in [-0.15, -0.1) is 0 Å². The van der Waals surface area contributed by atoms with E-state index in [0.29, 0.717) is 32.3 Å². The van der Waals surface area contributed by atoms with Crippen molar-refractivity contribution < 1.29 is 0 Å². The number of rotatable bonds is 3. The molecule has 6 heteroatoms. The maximum Gasteiger partial charge on any atom is 0.0718 e. The van der Waals surface area contributed by atoms with Crippen molar-refractivity contribution >= 4 is 52.1 Å². The van der Waals surface area contributed by atoms with Crippen molar-refractivity contribution in [2.45, 2.75) is 6.54 Å². The highest BCUT2D eigenvalue weighted by Gasteiger charge is 2.10. The third-order valence-corrected chi connectivity index (χ3v) is 3.89. The van der Waals surface area contributed by atoms with Gasteiger partial charge in [0.15, 0.2) is 0 Å². The van der Waals surface area contributed by atoms with E-state index in [9.17, 15) is 0 Å². The molecule has 1 aromatic carbocycles. The van der Waals surface area contributed by atoms with Gasteiger partial charge in [-0.05, 0) is 18.2 Å². The third kappa shape index (κ3) is 3.01. The summed E-state index contributed by atoms with van der Waals surface area (Å²) in [5, 5.41) is 5.16. The summed E-state index contributed by atoms with van der Waals surface area (Å²) in [4.78, 5) is 3.98. The number of aromatic nitrogens is 1. The van der Waals surface area contributed by atoms with E-state index >= 15 is 0 Å². The minimum Gasteiger partial charge on any atom is -0.378 e. The maximum absolute atomic E-state index is 6.10. The predicted octanol–water partition coefficient (Wildman–Crippen LogP) is 5.31. The Hall–Kier alpha value is -0.670. The highest BCUT2D eigenvalue weighted by molar-refractivity contribution is 6.44. The van der Waals surface area contributed by atoms with Crippen LogP contribution in [-0.4, -0.2) is 4.98 Å². The van der Waals surface area contributed by atoms with E-state index in [0.717, 1.165) is 5.56 Å². The second-order valence-corrected chi connectivity index (χ2v) is 5.13. The van der Waals surface area contributed by atoms with Gasteiger partial charge in [0.25, 0.3) is 0 Å². The molecular weight excluding hydrogens is 314 g/mol. The highest BCUT2D eigenvalue weighted by atomic mass is 35.5. The van der Waals surface area contributed by atoms with E-state index in [1.54, 1.807) is 30.6 Å². The lowest BCUT2D eigenvalue weighted by molar-refractivity contribution is 1.14. The number of benzene rings is 1. The summed E-state index contributed by atoms with van der Waals surface area (Å²) >= 11 is 24.1. The smallest absolute Gasteiger partial charge is 0.0718 e. The molecule has 0 fully saturated rings. The Labute approximate surface area is 125 Å². The zero-order valence-electron chi connectivity index (χ0n) is 9.05. The summed E-state index contributed by atoms with van der Waals surface area (Å²) in [6.45, 7) is 0.420. The monoisotopic (exact) mass is 320 g/mol. The van der Waals surface area contributed by atoms with Crippen LogP contribution >= 0.6 is 46.4 Å². The molecule has 2 aromatic rings. The molecule has 0 aliphatic heterocycles. The van der Waals surface area contributed by atoms with Crippen LogP contribution in [0.15, 0.2) is 30.6 Å². The van der Waals surface area contributed by atoms with Crippen LogP contribution in [0.3, 0.4) is 0 Å². The molecule has 2 nitrogen and oxygen atoms in total. The van der Waals surface area contributed by atoms with Crippen LogP contribution in [0.1, 0.15) is 5.56 Å². The molecule has 1 heterocycles. The molecule has 0 saturated carbocycles. The first-order valence-corrected chi connectivity index (χ1v) is 6.56. The second-order valence-electron chi connectivity index (χ2n) is 3.53. The first-order chi connectivity index (χ1) is 8.59. The Bertz CT molecular complexity index is 572. The number of hydrogen-bond acceptors (Lipinski definition) is 2. The maximum atomic E-state index is 6.10. The molecule has 0 spiro atoms. The van der Waals surface area contributed by atoms with Gasteiger partial charge in [-0.2, -0.15) is 0 Å². The lowest BCUT2D eigenvalue weighted by Gasteiger charge is -2.11. The average Bonchev–Trinajstić information content (AvgIpc) is 2.36. The minimum atomic E-state index is 0.420. The van der Waals surface area contributed by atoms with Crippen LogP contribution in [0.5, 0.6) is 0 Å². The van der Waals surface area contributed by atoms with Crippen LogP contribution in [0.4, 0.5) is 5.69 Å². The average molecular weight is 322 g/mol. The number of pyridine rings is 1. The lowest BCUT2D eigenvalue weighted by Crippen LogP contribution is -2.02. The van der Waals surface area contributed by atoms with Crippen LogP contribution in [-0.2, 0) is 6.54 Å². The third-order valence-electron chi connectivity index (χ3n) is 2.36. The van der Waals surface area contributed by atoms with E-state index in [-0.39, 0.29) is 0 Å². The zero-order chi connectivity index (χ0) is 13.1. The fourth-order valence-electron chi connectivity index (χ4n) is 1.42. The molecule has 18 heavy (non-hydrogen) atoms. The van der Waals surface area contributed by atoms with Gasteiger partial charge in [0.05, 0.1) is 27.0 Å². The van der Waals surface area contributed by atoms with Gasteiger partial charge in [-0.25, -0.2) is 0 Å². The summed E-state index contributed by atoms with van der Waals surface area (Å²) in [5.41, 5.74) is 1.44. The van der Waals surface area contributed by atoms with E-state index in [2.05, 4.69) is 10.3 Å². The van der Waals surface area contributed by atoms with Gasteiger partial charge >= 0.3 is 0 Å². The van der Waals surface area contributed by atoms with Crippen molar-refractivity contribution in [1.29, 1.82) is 0 Å². The molecule has 0 radical (unpaired) electrons. The van der Waals surface area contributed by atoms with Crippen molar-refractivity contribution in [2.24, 2.45) is 0 Å². The Kier molecular flexibility index (Phi) is 4.57. The molecular formula is C12H8Cl4N2. The first kappa shape index (κ1) is 13.8. The van der Waals surface area contributed by atoms with E-state index < -0.39 is 0 Å². The normalized spacial score (nSPS) is 10.4. The molecule has 0 saturated heterocycles. The molecule has 0 aliphatic carbocycles. The molecule has 1 aromatic heterocycles. The molecule has 0 unspecified atom stereocenters. The number of nitrogens with one attached hydrogen (secondary N) is 1. The van der Waals surface area contributed by atoms with E-state index in [1.807, 2.05) is 0 Å². The summed E-state index contributed by atoms with van der Waals surface area (Å²) in [7, 11) is 0. The summed E-state index contributed by atoms with van der Waals surface area (Å²) in [6, 6.07) is 5.06. The highest BCUT2D eigenvalue weighted by Crippen LogP contribution is 2.32. The van der Waals surface area contributed by atoms with Gasteiger partial charge in [-0.3, -0.25) is 4.98 Å². The quantitative estimate of drug-likeness (QED) is 0.775. The fraction of sp³-hybridized carbons (Fsp3) is 0.0833.